The standard InChI is InChI=1S/C16H18ClN3O5S/c1-10-8-12(19-16(17)18-10)15(21)20(26(4,22)23)9-11-6-5-7-13(24-2)14(11)25-3/h5-8H,9H2,1-4H3. The van der Waals surface area contributed by atoms with E-state index >= 15 is 0 Å². The number of ether oxygens (including phenoxy) is 2. The molecule has 0 radical (unpaired) electrons. The van der Waals surface area contributed by atoms with E-state index in [1.54, 1.807) is 25.1 Å². The van der Waals surface area contributed by atoms with E-state index in [1.807, 2.05) is 0 Å². The van der Waals surface area contributed by atoms with Gasteiger partial charge in [-0.05, 0) is 30.7 Å². The number of carbonyl (C=O) groups is 1. The Morgan fingerprint density at radius 3 is 2.46 bits per heavy atom. The summed E-state index contributed by atoms with van der Waals surface area (Å²) < 4.78 is 35.7. The van der Waals surface area contributed by atoms with Gasteiger partial charge in [0.2, 0.25) is 15.3 Å². The molecule has 2 rings (SSSR count). The number of amides is 1. The number of aryl methyl sites for hydroxylation is 1. The Kier molecular flexibility index (Phi) is 6.04. The molecule has 140 valence electrons. The molecule has 0 saturated heterocycles. The molecule has 10 heteroatoms. The topological polar surface area (TPSA) is 98.7 Å². The van der Waals surface area contributed by atoms with Crippen LogP contribution in [-0.2, 0) is 16.6 Å². The predicted octanol–water partition coefficient (Wildman–Crippen LogP) is 2.06. The maximum Gasteiger partial charge on any atom is 0.286 e. The fourth-order valence-corrected chi connectivity index (χ4v) is 3.33. The van der Waals surface area contributed by atoms with E-state index in [2.05, 4.69) is 9.97 Å². The van der Waals surface area contributed by atoms with Gasteiger partial charge in [0.05, 0.1) is 27.0 Å². The molecule has 0 saturated carbocycles. The zero-order chi connectivity index (χ0) is 19.5. The lowest BCUT2D eigenvalue weighted by Gasteiger charge is -2.22. The Morgan fingerprint density at radius 1 is 1.23 bits per heavy atom. The highest BCUT2D eigenvalue weighted by Crippen LogP contribution is 2.32. The number of methoxy groups -OCH3 is 2. The van der Waals surface area contributed by atoms with Crippen molar-refractivity contribution in [1.82, 2.24) is 14.3 Å². The minimum Gasteiger partial charge on any atom is -0.493 e. The van der Waals surface area contributed by atoms with Gasteiger partial charge in [0.15, 0.2) is 11.5 Å². The average Bonchev–Trinajstić information content (AvgIpc) is 2.56. The summed E-state index contributed by atoms with van der Waals surface area (Å²) in [5.74, 6) is -0.0510. The molecule has 0 fully saturated rings. The number of aromatic nitrogens is 2. The zero-order valence-electron chi connectivity index (χ0n) is 14.7. The number of para-hydroxylation sites is 1. The maximum atomic E-state index is 12.8. The Hall–Kier alpha value is -2.39. The minimum absolute atomic E-state index is 0.116. The summed E-state index contributed by atoms with van der Waals surface area (Å²) in [6.07, 6.45) is 0.938. The van der Waals surface area contributed by atoms with E-state index in [-0.39, 0.29) is 17.5 Å². The number of rotatable bonds is 6. The lowest BCUT2D eigenvalue weighted by Crippen LogP contribution is -2.36. The molecular formula is C16H18ClN3O5S. The van der Waals surface area contributed by atoms with Crippen molar-refractivity contribution >= 4 is 27.5 Å². The molecule has 0 bridgehead atoms. The van der Waals surface area contributed by atoms with Crippen LogP contribution in [0.4, 0.5) is 0 Å². The highest BCUT2D eigenvalue weighted by molar-refractivity contribution is 7.88. The molecule has 0 aliphatic heterocycles. The van der Waals surface area contributed by atoms with Crippen LogP contribution >= 0.6 is 11.6 Å². The van der Waals surface area contributed by atoms with Crippen molar-refractivity contribution in [1.29, 1.82) is 0 Å². The van der Waals surface area contributed by atoms with E-state index < -0.39 is 15.9 Å². The van der Waals surface area contributed by atoms with Crippen molar-refractivity contribution in [3.05, 3.63) is 46.5 Å². The largest absolute Gasteiger partial charge is 0.493 e. The molecule has 0 aliphatic carbocycles. The minimum atomic E-state index is -3.90. The number of carbonyl (C=O) groups excluding carboxylic acids is 1. The second kappa shape index (κ2) is 7.88. The summed E-state index contributed by atoms with van der Waals surface area (Å²) in [6, 6.07) is 6.36. The van der Waals surface area contributed by atoms with Gasteiger partial charge in [-0.15, -0.1) is 0 Å². The van der Waals surface area contributed by atoms with E-state index in [4.69, 9.17) is 21.1 Å². The summed E-state index contributed by atoms with van der Waals surface area (Å²) >= 11 is 5.78. The summed E-state index contributed by atoms with van der Waals surface area (Å²) in [7, 11) is -1.000. The Balaban J connectivity index is 2.49. The second-order valence-corrected chi connectivity index (χ2v) is 7.64. The first-order chi connectivity index (χ1) is 12.2. The Morgan fingerprint density at radius 2 is 1.92 bits per heavy atom. The molecule has 0 aliphatic rings. The first-order valence-corrected chi connectivity index (χ1v) is 9.63. The molecule has 2 aromatic rings. The monoisotopic (exact) mass is 399 g/mol. The van der Waals surface area contributed by atoms with Crippen LogP contribution in [0.2, 0.25) is 5.28 Å². The first kappa shape index (κ1) is 19.9. The summed E-state index contributed by atoms with van der Waals surface area (Å²) in [5, 5.41) is -0.138. The quantitative estimate of drug-likeness (QED) is 0.685. The lowest BCUT2D eigenvalue weighted by atomic mass is 10.2. The number of hydrogen-bond acceptors (Lipinski definition) is 7. The normalized spacial score (nSPS) is 11.1. The highest BCUT2D eigenvalue weighted by Gasteiger charge is 2.28. The van der Waals surface area contributed by atoms with Crippen LogP contribution in [0.3, 0.4) is 0 Å². The van der Waals surface area contributed by atoms with Gasteiger partial charge in [0, 0.05) is 11.3 Å². The van der Waals surface area contributed by atoms with E-state index in [1.165, 1.54) is 20.3 Å². The molecule has 0 N–H and O–H groups in total. The van der Waals surface area contributed by atoms with Crippen LogP contribution in [0, 0.1) is 6.92 Å². The van der Waals surface area contributed by atoms with Crippen molar-refractivity contribution in [3.8, 4) is 11.5 Å². The van der Waals surface area contributed by atoms with E-state index in [0.717, 1.165) is 6.26 Å². The number of sulfonamides is 1. The van der Waals surface area contributed by atoms with Crippen molar-refractivity contribution in [2.75, 3.05) is 20.5 Å². The van der Waals surface area contributed by atoms with Gasteiger partial charge in [-0.25, -0.2) is 22.7 Å². The molecular weight excluding hydrogens is 382 g/mol. The highest BCUT2D eigenvalue weighted by atomic mass is 35.5. The van der Waals surface area contributed by atoms with Gasteiger partial charge in [-0.3, -0.25) is 4.79 Å². The molecule has 26 heavy (non-hydrogen) atoms. The third-order valence-electron chi connectivity index (χ3n) is 3.47. The molecule has 1 amide bonds. The molecule has 1 aromatic heterocycles. The summed E-state index contributed by atoms with van der Waals surface area (Å²) in [6.45, 7) is 1.37. The second-order valence-electron chi connectivity index (χ2n) is 5.39. The summed E-state index contributed by atoms with van der Waals surface area (Å²) in [4.78, 5) is 20.5. The number of nitrogens with zero attached hydrogens (tertiary/aromatic N) is 3. The van der Waals surface area contributed by atoms with Gasteiger partial charge in [0.25, 0.3) is 5.91 Å². The molecule has 8 nitrogen and oxygen atoms in total. The van der Waals surface area contributed by atoms with Gasteiger partial charge in [0.1, 0.15) is 5.69 Å². The number of hydrogen-bond donors (Lipinski definition) is 0. The predicted molar refractivity (Wildman–Crippen MR) is 96.0 cm³/mol. The first-order valence-electron chi connectivity index (χ1n) is 7.40. The van der Waals surface area contributed by atoms with Gasteiger partial charge in [-0.2, -0.15) is 0 Å². The fourth-order valence-electron chi connectivity index (χ4n) is 2.34. The SMILES string of the molecule is COc1cccc(CN(C(=O)c2cc(C)nc(Cl)n2)S(C)(=O)=O)c1OC. The smallest absolute Gasteiger partial charge is 0.286 e. The van der Waals surface area contributed by atoms with Crippen LogP contribution in [0.25, 0.3) is 0 Å². The average molecular weight is 400 g/mol. The Bertz CT molecular complexity index is 913. The zero-order valence-corrected chi connectivity index (χ0v) is 16.3. The molecule has 1 heterocycles. The van der Waals surface area contributed by atoms with Crippen LogP contribution in [-0.4, -0.2) is 49.1 Å². The molecule has 1 aromatic carbocycles. The van der Waals surface area contributed by atoms with Crippen molar-refractivity contribution in [3.63, 3.8) is 0 Å². The van der Waals surface area contributed by atoms with Gasteiger partial charge >= 0.3 is 0 Å². The van der Waals surface area contributed by atoms with Crippen LogP contribution in [0.5, 0.6) is 11.5 Å². The van der Waals surface area contributed by atoms with Crippen molar-refractivity contribution in [2.24, 2.45) is 0 Å². The molecule has 0 spiro atoms. The van der Waals surface area contributed by atoms with Crippen LogP contribution in [0.1, 0.15) is 21.7 Å². The van der Waals surface area contributed by atoms with Crippen LogP contribution < -0.4 is 9.47 Å². The number of halogens is 1. The van der Waals surface area contributed by atoms with Crippen LogP contribution in [0.15, 0.2) is 24.3 Å². The third kappa shape index (κ3) is 4.41. The molecule has 0 unspecified atom stereocenters. The lowest BCUT2D eigenvalue weighted by molar-refractivity contribution is 0.0849. The van der Waals surface area contributed by atoms with E-state index in [9.17, 15) is 13.2 Å². The third-order valence-corrected chi connectivity index (χ3v) is 4.74. The number of benzene rings is 1. The Labute approximate surface area is 156 Å². The van der Waals surface area contributed by atoms with Crippen molar-refractivity contribution in [2.45, 2.75) is 13.5 Å². The maximum absolute atomic E-state index is 12.8. The van der Waals surface area contributed by atoms with Crippen molar-refractivity contribution < 1.29 is 22.7 Å². The van der Waals surface area contributed by atoms with Gasteiger partial charge in [-0.1, -0.05) is 12.1 Å². The molecule has 0 atom stereocenters. The van der Waals surface area contributed by atoms with E-state index in [0.29, 0.717) is 27.1 Å². The summed E-state index contributed by atoms with van der Waals surface area (Å²) in [5.41, 5.74) is 0.790. The fraction of sp³-hybridized carbons (Fsp3) is 0.312. The van der Waals surface area contributed by atoms with Gasteiger partial charge < -0.3 is 9.47 Å².